The Bertz CT molecular complexity index is 744. The van der Waals surface area contributed by atoms with Crippen molar-refractivity contribution in [1.82, 2.24) is 4.90 Å². The molecule has 4 nitrogen and oxygen atoms in total. The van der Waals surface area contributed by atoms with Crippen LogP contribution in [0.15, 0.2) is 42.5 Å². The topological polar surface area (TPSA) is 44.7 Å². The van der Waals surface area contributed by atoms with Crippen molar-refractivity contribution in [2.24, 2.45) is 0 Å². The minimum absolute atomic E-state index is 0.283. The predicted octanol–water partition coefficient (Wildman–Crippen LogP) is 3.71. The molecule has 2 N–H and O–H groups in total. The van der Waals surface area contributed by atoms with E-state index in [1.807, 2.05) is 24.3 Å². The Morgan fingerprint density at radius 3 is 2.77 bits per heavy atom. The number of benzene rings is 2. The molecule has 2 aromatic rings. The Balaban J connectivity index is 1.19. The van der Waals surface area contributed by atoms with E-state index in [1.54, 1.807) is 0 Å². The molecule has 0 radical (unpaired) electrons. The maximum atomic E-state index is 9.65. The Hall–Kier alpha value is -1.75. The number of aliphatic hydroxyl groups is 1. The van der Waals surface area contributed by atoms with Gasteiger partial charge in [0.15, 0.2) is 0 Å². The molecule has 1 unspecified atom stereocenters. The number of nitrogens with one attached hydrogen (secondary N) is 1. The molecule has 4 rings (SSSR count). The second kappa shape index (κ2) is 7.87. The molecular formula is C21H25ClN2O2. The van der Waals surface area contributed by atoms with E-state index in [0.29, 0.717) is 0 Å². The lowest BCUT2D eigenvalue weighted by atomic mass is 10.0. The van der Waals surface area contributed by atoms with Gasteiger partial charge in [-0.2, -0.15) is 0 Å². The monoisotopic (exact) mass is 372 g/mol. The molecule has 2 aliphatic heterocycles. The first kappa shape index (κ1) is 17.7. The highest BCUT2D eigenvalue weighted by molar-refractivity contribution is 6.30. The summed E-state index contributed by atoms with van der Waals surface area (Å²) in [4.78, 5) is 2.44. The normalized spacial score (nSPS) is 20.2. The Morgan fingerprint density at radius 1 is 1.15 bits per heavy atom. The van der Waals surface area contributed by atoms with Crippen LogP contribution in [0.5, 0.6) is 5.75 Å². The van der Waals surface area contributed by atoms with Gasteiger partial charge in [-0.25, -0.2) is 0 Å². The number of hydrogen-bond acceptors (Lipinski definition) is 4. The Kier molecular flexibility index (Phi) is 5.34. The minimum Gasteiger partial charge on any atom is -0.488 e. The number of ether oxygens (including phenoxy) is 1. The highest BCUT2D eigenvalue weighted by atomic mass is 35.5. The molecule has 5 heteroatoms. The van der Waals surface area contributed by atoms with E-state index in [-0.39, 0.29) is 6.10 Å². The van der Waals surface area contributed by atoms with Crippen LogP contribution >= 0.6 is 11.6 Å². The summed E-state index contributed by atoms with van der Waals surface area (Å²) < 4.78 is 6.10. The first-order valence-electron chi connectivity index (χ1n) is 9.37. The first-order chi connectivity index (χ1) is 12.7. The molecule has 0 aromatic heterocycles. The van der Waals surface area contributed by atoms with Crippen LogP contribution in [0.2, 0.25) is 5.02 Å². The van der Waals surface area contributed by atoms with Crippen LogP contribution < -0.4 is 10.1 Å². The number of aliphatic hydroxyl groups excluding tert-OH is 1. The molecule has 0 spiro atoms. The number of hydrogen-bond donors (Lipinski definition) is 2. The number of halogens is 1. The largest absolute Gasteiger partial charge is 0.488 e. The van der Waals surface area contributed by atoms with Crippen molar-refractivity contribution in [1.29, 1.82) is 0 Å². The van der Waals surface area contributed by atoms with Crippen LogP contribution in [-0.4, -0.2) is 42.0 Å². The Morgan fingerprint density at radius 2 is 1.96 bits per heavy atom. The third kappa shape index (κ3) is 4.32. The lowest BCUT2D eigenvalue weighted by Crippen LogP contribution is -2.53. The molecule has 1 fully saturated rings. The van der Waals surface area contributed by atoms with Gasteiger partial charge in [-0.05, 0) is 73.7 Å². The van der Waals surface area contributed by atoms with Gasteiger partial charge in [-0.1, -0.05) is 23.7 Å². The number of nitrogens with zero attached hydrogens (tertiary/aromatic N) is 1. The second-order valence-electron chi connectivity index (χ2n) is 7.25. The third-order valence-corrected chi connectivity index (χ3v) is 5.42. The van der Waals surface area contributed by atoms with Crippen LogP contribution in [0.25, 0.3) is 0 Å². The second-order valence-corrected chi connectivity index (χ2v) is 7.68. The molecule has 0 bridgehead atoms. The lowest BCUT2D eigenvalue weighted by molar-refractivity contribution is 0.0195. The van der Waals surface area contributed by atoms with Crippen molar-refractivity contribution in [3.05, 3.63) is 58.6 Å². The van der Waals surface area contributed by atoms with E-state index in [1.165, 1.54) is 11.1 Å². The van der Waals surface area contributed by atoms with Gasteiger partial charge < -0.3 is 15.2 Å². The fourth-order valence-corrected chi connectivity index (χ4v) is 3.79. The van der Waals surface area contributed by atoms with E-state index in [0.717, 1.165) is 61.8 Å². The van der Waals surface area contributed by atoms with Gasteiger partial charge in [0, 0.05) is 23.8 Å². The van der Waals surface area contributed by atoms with Gasteiger partial charge in [0.2, 0.25) is 0 Å². The van der Waals surface area contributed by atoms with Crippen molar-refractivity contribution < 1.29 is 9.84 Å². The Labute approximate surface area is 159 Å². The summed E-state index contributed by atoms with van der Waals surface area (Å²) in [6, 6.07) is 14.2. The van der Waals surface area contributed by atoms with E-state index in [2.05, 4.69) is 28.4 Å². The highest BCUT2D eigenvalue weighted by Gasteiger charge is 2.28. The summed E-state index contributed by atoms with van der Waals surface area (Å²) in [6.45, 7) is 3.10. The van der Waals surface area contributed by atoms with Crippen LogP contribution in [0.3, 0.4) is 0 Å². The van der Waals surface area contributed by atoms with E-state index < -0.39 is 6.23 Å². The zero-order valence-corrected chi connectivity index (χ0v) is 15.6. The molecule has 26 heavy (non-hydrogen) atoms. The van der Waals surface area contributed by atoms with Gasteiger partial charge >= 0.3 is 0 Å². The van der Waals surface area contributed by atoms with Gasteiger partial charge in [-0.15, -0.1) is 0 Å². The summed E-state index contributed by atoms with van der Waals surface area (Å²) in [5.74, 6) is 0.938. The SMILES string of the molecule is OC1CCc2cc(OC3CN(CCCc4ccc(Cl)cc4)C3)ccc2N1. The summed E-state index contributed by atoms with van der Waals surface area (Å²) in [6.07, 6.45) is 3.74. The smallest absolute Gasteiger partial charge is 0.124 e. The van der Waals surface area contributed by atoms with Crippen LogP contribution in [0.4, 0.5) is 5.69 Å². The maximum absolute atomic E-state index is 9.65. The quantitative estimate of drug-likeness (QED) is 0.811. The molecule has 2 aromatic carbocycles. The molecular weight excluding hydrogens is 348 g/mol. The summed E-state index contributed by atoms with van der Waals surface area (Å²) in [5.41, 5.74) is 3.59. The predicted molar refractivity (Wildman–Crippen MR) is 105 cm³/mol. The number of aryl methyl sites for hydroxylation is 2. The molecule has 2 heterocycles. The van der Waals surface area contributed by atoms with E-state index in [4.69, 9.17) is 16.3 Å². The maximum Gasteiger partial charge on any atom is 0.124 e. The van der Waals surface area contributed by atoms with E-state index >= 15 is 0 Å². The molecule has 0 amide bonds. The lowest BCUT2D eigenvalue weighted by Gasteiger charge is -2.39. The van der Waals surface area contributed by atoms with Crippen molar-refractivity contribution in [2.45, 2.75) is 38.0 Å². The molecule has 2 aliphatic rings. The molecule has 1 atom stereocenters. The summed E-state index contributed by atoms with van der Waals surface area (Å²) in [7, 11) is 0. The van der Waals surface area contributed by atoms with Crippen molar-refractivity contribution >= 4 is 17.3 Å². The molecule has 1 saturated heterocycles. The van der Waals surface area contributed by atoms with Crippen molar-refractivity contribution in [2.75, 3.05) is 25.0 Å². The van der Waals surface area contributed by atoms with Gasteiger partial charge in [0.1, 0.15) is 18.1 Å². The van der Waals surface area contributed by atoms with Gasteiger partial charge in [-0.3, -0.25) is 4.90 Å². The standard InChI is InChI=1S/C21H25ClN2O2/c22-17-6-3-15(4-7-17)2-1-11-24-13-19(14-24)26-18-8-9-20-16(12-18)5-10-21(25)23-20/h3-4,6-9,12,19,21,23,25H,1-2,5,10-11,13-14H2. The summed E-state index contributed by atoms with van der Waals surface area (Å²) in [5, 5.41) is 13.5. The summed E-state index contributed by atoms with van der Waals surface area (Å²) >= 11 is 5.92. The minimum atomic E-state index is -0.428. The number of fused-ring (bicyclic) bond motifs is 1. The van der Waals surface area contributed by atoms with Crippen molar-refractivity contribution in [3.8, 4) is 5.75 Å². The van der Waals surface area contributed by atoms with E-state index in [9.17, 15) is 5.11 Å². The first-order valence-corrected chi connectivity index (χ1v) is 9.74. The fourth-order valence-electron chi connectivity index (χ4n) is 3.66. The van der Waals surface area contributed by atoms with Gasteiger partial charge in [0.05, 0.1) is 0 Å². The van der Waals surface area contributed by atoms with Crippen molar-refractivity contribution in [3.63, 3.8) is 0 Å². The number of rotatable bonds is 6. The number of likely N-dealkylation sites (tertiary alicyclic amines) is 1. The average Bonchev–Trinajstić information content (AvgIpc) is 2.61. The van der Waals surface area contributed by atoms with Crippen LogP contribution in [0.1, 0.15) is 24.0 Å². The van der Waals surface area contributed by atoms with Crippen LogP contribution in [-0.2, 0) is 12.8 Å². The molecule has 0 saturated carbocycles. The number of anilines is 1. The fraction of sp³-hybridized carbons (Fsp3) is 0.429. The van der Waals surface area contributed by atoms with Gasteiger partial charge in [0.25, 0.3) is 0 Å². The molecule has 138 valence electrons. The third-order valence-electron chi connectivity index (χ3n) is 5.17. The molecule has 0 aliphatic carbocycles. The zero-order valence-electron chi connectivity index (χ0n) is 14.8. The van der Waals surface area contributed by atoms with Crippen LogP contribution in [0, 0.1) is 0 Å². The zero-order chi connectivity index (χ0) is 17.9. The highest BCUT2D eigenvalue weighted by Crippen LogP contribution is 2.29. The average molecular weight is 373 g/mol.